The first-order chi connectivity index (χ1) is 26.6. The van der Waals surface area contributed by atoms with Crippen molar-refractivity contribution in [3.05, 3.63) is 94.3 Å². The van der Waals surface area contributed by atoms with Gasteiger partial charge in [-0.2, -0.15) is 0 Å². The number of nitrogens with zero attached hydrogens (tertiary/aromatic N) is 6. The molecule has 55 heavy (non-hydrogen) atoms. The number of benzene rings is 2. The Kier molecular flexibility index (Phi) is 10.6. The highest BCUT2D eigenvalue weighted by Gasteiger charge is 2.30. The molecule has 1 unspecified atom stereocenters. The van der Waals surface area contributed by atoms with Gasteiger partial charge < -0.3 is 25.4 Å². The zero-order valence-corrected chi connectivity index (χ0v) is 32.0. The summed E-state index contributed by atoms with van der Waals surface area (Å²) >= 11 is 7.06. The molecule has 0 radical (unpaired) electrons. The van der Waals surface area contributed by atoms with Gasteiger partial charge in [0.15, 0.2) is 11.6 Å². The first kappa shape index (κ1) is 37.1. The molecule has 0 bridgehead atoms. The van der Waals surface area contributed by atoms with Gasteiger partial charge in [-0.15, -0.1) is 0 Å². The van der Waals surface area contributed by atoms with E-state index in [0.717, 1.165) is 115 Å². The zero-order valence-electron chi connectivity index (χ0n) is 31.3. The van der Waals surface area contributed by atoms with Crippen LogP contribution in [0.5, 0.6) is 0 Å². The maximum Gasteiger partial charge on any atom is 0.306 e. The van der Waals surface area contributed by atoms with E-state index in [9.17, 15) is 19.8 Å². The molecule has 1 saturated heterocycles. The average molecular weight is 763 g/mol. The summed E-state index contributed by atoms with van der Waals surface area (Å²) in [7, 11) is 1.89. The number of aromatic nitrogens is 4. The third-order valence-corrected chi connectivity index (χ3v) is 12.1. The number of imidazole rings is 1. The number of aliphatic carboxylic acids is 1. The van der Waals surface area contributed by atoms with Gasteiger partial charge in [-0.1, -0.05) is 35.9 Å². The van der Waals surface area contributed by atoms with E-state index in [2.05, 4.69) is 31.5 Å². The highest BCUT2D eigenvalue weighted by atomic mass is 35.5. The lowest BCUT2D eigenvalue weighted by atomic mass is 9.81. The largest absolute Gasteiger partial charge is 0.481 e. The fourth-order valence-corrected chi connectivity index (χ4v) is 8.88. The van der Waals surface area contributed by atoms with E-state index in [1.54, 1.807) is 12.3 Å². The second-order valence-corrected chi connectivity index (χ2v) is 15.8. The van der Waals surface area contributed by atoms with Gasteiger partial charge in [-0.3, -0.25) is 24.4 Å². The number of hydrogen-bond donors (Lipinski definition) is 4. The number of carbonyl (C=O) groups excluding carboxylic acids is 1. The lowest BCUT2D eigenvalue weighted by molar-refractivity contribution is -0.143. The van der Waals surface area contributed by atoms with Gasteiger partial charge in [-0.05, 0) is 85.9 Å². The minimum Gasteiger partial charge on any atom is -0.481 e. The molecular weight excluding hydrogens is 716 g/mol. The highest BCUT2D eigenvalue weighted by Crippen LogP contribution is 2.39. The topological polar surface area (TPSA) is 149 Å². The molecule has 5 aromatic rings. The Morgan fingerprint density at radius 1 is 0.964 bits per heavy atom. The quantitative estimate of drug-likeness (QED) is 0.120. The van der Waals surface area contributed by atoms with Crippen molar-refractivity contribution in [2.45, 2.75) is 64.6 Å². The number of nitrogens with one attached hydrogen (secondary N) is 2. The fourth-order valence-electron chi connectivity index (χ4n) is 8.60. The Morgan fingerprint density at radius 2 is 1.75 bits per heavy atom. The van der Waals surface area contributed by atoms with Crippen LogP contribution in [0.1, 0.15) is 65.2 Å². The normalized spacial score (nSPS) is 20.4. The summed E-state index contributed by atoms with van der Waals surface area (Å²) in [6.07, 6.45) is 8.36. The molecule has 12 nitrogen and oxygen atoms in total. The van der Waals surface area contributed by atoms with Gasteiger partial charge in [0, 0.05) is 87.5 Å². The zero-order chi connectivity index (χ0) is 38.2. The number of halogens is 1. The molecule has 286 valence electrons. The van der Waals surface area contributed by atoms with Crippen molar-refractivity contribution >= 4 is 51.6 Å². The Hall–Kier alpha value is -4.88. The number of β-amino-alcohol motifs (C(OH)–C–C–N with tert-alkyl or cyclic N) is 1. The van der Waals surface area contributed by atoms with E-state index in [-0.39, 0.29) is 17.9 Å². The van der Waals surface area contributed by atoms with Crippen molar-refractivity contribution in [2.75, 3.05) is 36.8 Å². The van der Waals surface area contributed by atoms with Crippen molar-refractivity contribution in [3.63, 3.8) is 0 Å². The van der Waals surface area contributed by atoms with Crippen molar-refractivity contribution in [3.8, 4) is 11.1 Å². The summed E-state index contributed by atoms with van der Waals surface area (Å²) in [6.45, 7) is 6.81. The minimum atomic E-state index is -0.676. The fraction of sp³-hybridized carbons (Fsp3) is 0.405. The molecule has 1 atom stereocenters. The summed E-state index contributed by atoms with van der Waals surface area (Å²) < 4.78 is 1.90. The maximum absolute atomic E-state index is 13.7. The number of carboxylic acids is 1. The van der Waals surface area contributed by atoms with Crippen LogP contribution in [0.15, 0.2) is 60.9 Å². The van der Waals surface area contributed by atoms with Gasteiger partial charge in [0.25, 0.3) is 5.91 Å². The summed E-state index contributed by atoms with van der Waals surface area (Å²) in [5, 5.41) is 27.2. The molecule has 2 aromatic carbocycles. The molecule has 2 aliphatic heterocycles. The van der Waals surface area contributed by atoms with Crippen LogP contribution in [0.25, 0.3) is 22.0 Å². The van der Waals surface area contributed by atoms with Crippen molar-refractivity contribution in [1.82, 2.24) is 29.3 Å². The smallest absolute Gasteiger partial charge is 0.306 e. The number of anilines is 3. The number of carbonyl (C=O) groups is 2. The monoisotopic (exact) mass is 762 g/mol. The highest BCUT2D eigenvalue weighted by molar-refractivity contribution is 6.36. The van der Waals surface area contributed by atoms with Crippen molar-refractivity contribution < 1.29 is 19.8 Å². The average Bonchev–Trinajstić information content (AvgIpc) is 3.74. The number of fused-ring (bicyclic) bond motifs is 2. The predicted octanol–water partition coefficient (Wildman–Crippen LogP) is 6.80. The van der Waals surface area contributed by atoms with E-state index in [0.29, 0.717) is 41.4 Å². The van der Waals surface area contributed by atoms with Crippen LogP contribution in [0, 0.1) is 18.8 Å². The molecule has 3 aromatic heterocycles. The lowest BCUT2D eigenvalue weighted by Crippen LogP contribution is -2.36. The number of aliphatic hydroxyl groups is 1. The molecule has 2 fully saturated rings. The Balaban J connectivity index is 0.959. The van der Waals surface area contributed by atoms with Crippen LogP contribution >= 0.6 is 11.6 Å². The number of hydrogen-bond acceptors (Lipinski definition) is 9. The molecule has 4 N–H and O–H groups in total. The summed E-state index contributed by atoms with van der Waals surface area (Å²) in [6, 6.07) is 15.7. The third kappa shape index (κ3) is 7.82. The second-order valence-electron chi connectivity index (χ2n) is 15.4. The maximum atomic E-state index is 13.7. The standard InChI is InChI=1S/C42H47ClN8O4/c1-25-31(5-3-7-33(25)46-39-38-29(13-16-44-39)19-27(20-45-38)22-50-17-14-30(52)23-50)32-6-4-8-34(37(32)43)48-41(53)40-47-35-24-51(18-15-36(35)49(40)2)21-26-9-11-28(12-10-26)42(54)55/h3-8,13,16,19-20,26,28,30,52H,9-12,14-15,17-18,21-24H2,1-2H3,(H,44,46)(H,48,53)(H,54,55)/t26-,28+,30?. The Labute approximate surface area is 325 Å². The second kappa shape index (κ2) is 15.7. The van der Waals surface area contributed by atoms with Gasteiger partial charge in [0.2, 0.25) is 0 Å². The summed E-state index contributed by atoms with van der Waals surface area (Å²) in [5.74, 6) is 0.269. The van der Waals surface area contributed by atoms with E-state index in [1.165, 1.54) is 0 Å². The van der Waals surface area contributed by atoms with Crippen LogP contribution in [0.4, 0.5) is 17.2 Å². The van der Waals surface area contributed by atoms with E-state index in [4.69, 9.17) is 21.6 Å². The SMILES string of the molecule is Cc1c(Nc2nccc3cc(CN4CCC(O)C4)cnc23)cccc1-c1cccc(NC(=O)c2nc3c(n2C)CCN(C[C@H]2CC[C@@H](C(=O)O)CC2)C3)c1Cl. The number of rotatable bonds is 10. The number of aliphatic hydroxyl groups excluding tert-OH is 1. The Morgan fingerprint density at radius 3 is 2.51 bits per heavy atom. The van der Waals surface area contributed by atoms with Crippen LogP contribution in [-0.2, 0) is 31.4 Å². The molecule has 1 amide bonds. The van der Waals surface area contributed by atoms with Crippen LogP contribution in [0.2, 0.25) is 5.02 Å². The minimum absolute atomic E-state index is 0.213. The lowest BCUT2D eigenvalue weighted by Gasteiger charge is -2.33. The van der Waals surface area contributed by atoms with Crippen molar-refractivity contribution in [2.24, 2.45) is 18.9 Å². The Bertz CT molecular complexity index is 2250. The molecule has 1 aliphatic carbocycles. The molecule has 8 rings (SSSR count). The van der Waals surface area contributed by atoms with Crippen LogP contribution in [0.3, 0.4) is 0 Å². The molecular formula is C42H47ClN8O4. The van der Waals surface area contributed by atoms with Crippen LogP contribution < -0.4 is 10.6 Å². The van der Waals surface area contributed by atoms with E-state index >= 15 is 0 Å². The molecule has 5 heterocycles. The first-order valence-corrected chi connectivity index (χ1v) is 19.6. The summed E-state index contributed by atoms with van der Waals surface area (Å²) in [4.78, 5) is 44.0. The predicted molar refractivity (Wildman–Crippen MR) is 214 cm³/mol. The number of amides is 1. The van der Waals surface area contributed by atoms with E-state index in [1.807, 2.05) is 61.1 Å². The molecule has 0 spiro atoms. The van der Waals surface area contributed by atoms with Gasteiger partial charge >= 0.3 is 5.97 Å². The molecule has 3 aliphatic rings. The number of pyridine rings is 2. The van der Waals surface area contributed by atoms with Gasteiger partial charge in [0.05, 0.1) is 28.4 Å². The van der Waals surface area contributed by atoms with Gasteiger partial charge in [-0.25, -0.2) is 9.97 Å². The first-order valence-electron chi connectivity index (χ1n) is 19.2. The van der Waals surface area contributed by atoms with Gasteiger partial charge in [0.1, 0.15) is 5.52 Å². The van der Waals surface area contributed by atoms with Crippen LogP contribution in [-0.4, -0.2) is 83.7 Å². The third-order valence-electron chi connectivity index (χ3n) is 11.7. The molecule has 13 heteroatoms. The molecule has 1 saturated carbocycles. The van der Waals surface area contributed by atoms with Crippen molar-refractivity contribution in [1.29, 1.82) is 0 Å². The number of likely N-dealkylation sites (tertiary alicyclic amines) is 1. The summed E-state index contributed by atoms with van der Waals surface area (Å²) in [5.41, 5.74) is 7.87. The van der Waals surface area contributed by atoms with E-state index < -0.39 is 5.97 Å². The number of carboxylic acid groups (broad SMARTS) is 1.